The van der Waals surface area contributed by atoms with Crippen molar-refractivity contribution >= 4 is 38.5 Å². The fourth-order valence-electron chi connectivity index (χ4n) is 6.03. The molecule has 10 atom stereocenters. The average Bonchev–Trinajstić information content (AvgIpc) is 3.73. The molecule has 1 saturated heterocycles. The molecule has 10 unspecified atom stereocenters. The summed E-state index contributed by atoms with van der Waals surface area (Å²) in [6, 6.07) is 2.22. The van der Waals surface area contributed by atoms with E-state index < -0.39 is 83.5 Å². The zero-order valence-electron chi connectivity index (χ0n) is 27.3. The highest BCUT2D eigenvalue weighted by Gasteiger charge is 2.49. The molecule has 3 aromatic heterocycles. The number of nitrogens with two attached hydrogens (primary N) is 2. The highest BCUT2D eigenvalue weighted by molar-refractivity contribution is 7.61. The zero-order valence-corrected chi connectivity index (χ0v) is 29.1. The number of ether oxygens (including phenoxy) is 1. The van der Waals surface area contributed by atoms with Gasteiger partial charge in [0.05, 0.1) is 25.6 Å². The predicted molar refractivity (Wildman–Crippen MR) is 174 cm³/mol. The number of pyridine rings is 1. The van der Waals surface area contributed by atoms with Gasteiger partial charge in [0.25, 0.3) is 5.91 Å². The molecule has 1 aliphatic heterocycles. The Morgan fingerprint density at radius 1 is 1.00 bits per heavy atom. The predicted octanol–water partition coefficient (Wildman–Crippen LogP) is -1.00. The van der Waals surface area contributed by atoms with E-state index in [1.807, 2.05) is 0 Å². The Kier molecular flexibility index (Phi) is 12.9. The van der Waals surface area contributed by atoms with Crippen LogP contribution in [0.15, 0.2) is 37.2 Å². The Bertz CT molecular complexity index is 1750. The van der Waals surface area contributed by atoms with Crippen molar-refractivity contribution in [2.24, 2.45) is 17.4 Å². The van der Waals surface area contributed by atoms with Gasteiger partial charge in [0, 0.05) is 24.9 Å². The van der Waals surface area contributed by atoms with E-state index in [4.69, 9.17) is 25.3 Å². The van der Waals surface area contributed by atoms with Gasteiger partial charge in [-0.1, -0.05) is 12.8 Å². The van der Waals surface area contributed by atoms with Crippen LogP contribution in [0.5, 0.6) is 0 Å². The van der Waals surface area contributed by atoms with Crippen molar-refractivity contribution in [3.8, 4) is 0 Å². The molecule has 1 amide bonds. The summed E-state index contributed by atoms with van der Waals surface area (Å²) in [5.41, 5.74) is 11.6. The van der Waals surface area contributed by atoms with Crippen molar-refractivity contribution in [3.63, 3.8) is 0 Å². The molecule has 11 N–H and O–H groups in total. The van der Waals surface area contributed by atoms with Crippen molar-refractivity contribution in [2.45, 2.75) is 74.9 Å². The number of anilines is 1. The molecular weight excluding hydrogens is 718 g/mol. The molecule has 1 saturated carbocycles. The number of amides is 1. The summed E-state index contributed by atoms with van der Waals surface area (Å²) < 4.78 is 47.8. The highest BCUT2D eigenvalue weighted by Crippen LogP contribution is 2.61. The van der Waals surface area contributed by atoms with Gasteiger partial charge in [-0.05, 0) is 25.5 Å². The normalized spacial score (nSPS) is 28.8. The number of carbonyl (C=O) groups is 1. The zero-order chi connectivity index (χ0) is 36.9. The fourth-order valence-corrected chi connectivity index (χ4v) is 8.17. The number of primary amides is 1. The maximum Gasteiger partial charge on any atom is 0.481 e. The molecule has 4 heterocycles. The molecule has 21 nitrogen and oxygen atoms in total. The van der Waals surface area contributed by atoms with E-state index in [-0.39, 0.29) is 17.6 Å². The summed E-state index contributed by atoms with van der Waals surface area (Å²) in [7, 11) is -10.6. The van der Waals surface area contributed by atoms with Gasteiger partial charge < -0.3 is 51.7 Å². The molecule has 3 aromatic rings. The van der Waals surface area contributed by atoms with Crippen LogP contribution in [0.25, 0.3) is 11.2 Å². The van der Waals surface area contributed by atoms with Gasteiger partial charge in [-0.25, -0.2) is 24.1 Å². The number of aliphatic hydroxyl groups excluding tert-OH is 4. The lowest BCUT2D eigenvalue weighted by molar-refractivity contribution is -0.728. The van der Waals surface area contributed by atoms with Gasteiger partial charge in [-0.2, -0.15) is 8.88 Å². The van der Waals surface area contributed by atoms with E-state index in [0.717, 1.165) is 25.7 Å². The Balaban J connectivity index is 1.14. The maximum absolute atomic E-state index is 12.6. The molecule has 0 aromatic carbocycles. The van der Waals surface area contributed by atoms with Crippen LogP contribution in [0.2, 0.25) is 0 Å². The van der Waals surface area contributed by atoms with Gasteiger partial charge in [-0.15, -0.1) is 0 Å². The third kappa shape index (κ3) is 9.51. The topological polar surface area (TPSA) is 321 Å². The minimum atomic E-state index is -5.35. The number of hydrogen-bond acceptors (Lipinski definition) is 16. The first-order valence-corrected chi connectivity index (χ1v) is 19.2. The minimum Gasteiger partial charge on any atom is -0.390 e. The Labute approximate surface area is 291 Å². The van der Waals surface area contributed by atoms with Gasteiger partial charge in [0.2, 0.25) is 0 Å². The lowest BCUT2D eigenvalue weighted by Crippen LogP contribution is -2.45. The molecule has 282 valence electrons. The second kappa shape index (κ2) is 16.8. The number of imidazole rings is 1. The van der Waals surface area contributed by atoms with Crippen LogP contribution in [-0.2, 0) is 27.2 Å². The van der Waals surface area contributed by atoms with Crippen LogP contribution in [0, 0.1) is 5.92 Å². The number of nitrogens with zero attached hydrogens (tertiary/aromatic N) is 5. The van der Waals surface area contributed by atoms with Crippen molar-refractivity contribution in [2.75, 3.05) is 31.6 Å². The molecule has 1 aliphatic carbocycles. The SMILES string of the molecule is NCCCCCCNc1ncnc2c1ncn2C1OC(COP(=O)(O)OP(=O)(O)OCC2CC([n+]3cccc(C(N)=O)c3)C(O)C2O)C(O)C1O. The first-order valence-electron chi connectivity index (χ1n) is 16.2. The smallest absolute Gasteiger partial charge is 0.390 e. The molecule has 5 rings (SSSR count). The number of nitrogens with one attached hydrogen (secondary N) is 1. The van der Waals surface area contributed by atoms with Crippen molar-refractivity contribution in [1.29, 1.82) is 0 Å². The molecule has 0 spiro atoms. The van der Waals surface area contributed by atoms with E-state index in [0.29, 0.717) is 24.4 Å². The van der Waals surface area contributed by atoms with Crippen LogP contribution in [0.3, 0.4) is 0 Å². The van der Waals surface area contributed by atoms with E-state index in [1.165, 1.54) is 46.3 Å². The van der Waals surface area contributed by atoms with Gasteiger partial charge in [0.1, 0.15) is 36.3 Å². The van der Waals surface area contributed by atoms with E-state index in [1.54, 1.807) is 0 Å². The number of phosphoric ester groups is 2. The molecule has 2 fully saturated rings. The molecule has 0 radical (unpaired) electrons. The van der Waals surface area contributed by atoms with Crippen LogP contribution in [0.4, 0.5) is 5.82 Å². The first kappa shape index (κ1) is 39.2. The van der Waals surface area contributed by atoms with E-state index in [9.17, 15) is 44.1 Å². The third-order valence-corrected chi connectivity index (χ3v) is 11.3. The van der Waals surface area contributed by atoms with Gasteiger partial charge in [-0.3, -0.25) is 18.4 Å². The second-order valence-electron chi connectivity index (χ2n) is 12.3. The number of aliphatic hydroxyl groups is 4. The standard InChI is InChI=1S/C28H42N8O13P2/c29-7-3-1-2-4-8-31-26-20-27(33-14-32-26)36(15-34-20)28-24(40)23(39)19(48-28)13-47-51(44,45)49-50(42,43)46-12-17-10-18(22(38)21(17)37)35-9-5-6-16(11-35)25(30)41/h5-6,9,11,14-15,17-19,21-24,28,37-40H,1-4,7-8,10,12-13,29H2,(H4-,30,31,32,33,41,42,43,44,45)/p+1. The summed E-state index contributed by atoms with van der Waals surface area (Å²) >= 11 is 0. The van der Waals surface area contributed by atoms with Crippen molar-refractivity contribution in [3.05, 3.63) is 42.7 Å². The van der Waals surface area contributed by atoms with Gasteiger partial charge >= 0.3 is 15.6 Å². The third-order valence-electron chi connectivity index (χ3n) is 8.71. The number of unbranched alkanes of at least 4 members (excludes halogenated alkanes) is 3. The van der Waals surface area contributed by atoms with Crippen molar-refractivity contribution < 1.29 is 66.8 Å². The number of carbonyl (C=O) groups excluding carboxylic acids is 1. The molecular formula is C28H43N8O13P2+. The summed E-state index contributed by atoms with van der Waals surface area (Å²) in [5, 5.41) is 45.7. The Hall–Kier alpha value is -3.01. The lowest BCUT2D eigenvalue weighted by atomic mass is 10.1. The van der Waals surface area contributed by atoms with Gasteiger partial charge in [0.15, 0.2) is 41.6 Å². The lowest BCUT2D eigenvalue weighted by Gasteiger charge is -2.20. The summed E-state index contributed by atoms with van der Waals surface area (Å²) in [4.78, 5) is 44.6. The number of fused-ring (bicyclic) bond motifs is 1. The molecule has 23 heteroatoms. The number of phosphoric acid groups is 2. The average molecular weight is 762 g/mol. The van der Waals surface area contributed by atoms with Crippen LogP contribution < -0.4 is 21.4 Å². The largest absolute Gasteiger partial charge is 0.481 e. The summed E-state index contributed by atoms with van der Waals surface area (Å²) in [5.74, 6) is -1.19. The van der Waals surface area contributed by atoms with Crippen LogP contribution >= 0.6 is 15.6 Å². The fraction of sp³-hybridized carbons (Fsp3) is 0.607. The quantitative estimate of drug-likeness (QED) is 0.0426. The number of hydrogen-bond donors (Lipinski definition) is 9. The Morgan fingerprint density at radius 2 is 1.73 bits per heavy atom. The molecule has 2 aliphatic rings. The minimum absolute atomic E-state index is 0.0224. The Morgan fingerprint density at radius 3 is 2.45 bits per heavy atom. The van der Waals surface area contributed by atoms with E-state index in [2.05, 4.69) is 24.6 Å². The number of rotatable bonds is 18. The molecule has 0 bridgehead atoms. The summed E-state index contributed by atoms with van der Waals surface area (Å²) in [6.45, 7) is -0.274. The second-order valence-corrected chi connectivity index (χ2v) is 15.3. The maximum atomic E-state index is 12.6. The van der Waals surface area contributed by atoms with Crippen LogP contribution in [0.1, 0.15) is 54.7 Å². The first-order chi connectivity index (χ1) is 24.2. The highest BCUT2D eigenvalue weighted by atomic mass is 31.3. The van der Waals surface area contributed by atoms with Crippen LogP contribution in [-0.4, -0.2) is 112 Å². The monoisotopic (exact) mass is 761 g/mol. The molecule has 51 heavy (non-hydrogen) atoms. The number of aromatic nitrogens is 5. The summed E-state index contributed by atoms with van der Waals surface area (Å²) in [6.07, 6.45) is 0.729. The van der Waals surface area contributed by atoms with Crippen molar-refractivity contribution in [1.82, 2.24) is 19.5 Å². The van der Waals surface area contributed by atoms with E-state index >= 15 is 0 Å².